The van der Waals surface area contributed by atoms with Crippen molar-refractivity contribution in [2.45, 2.75) is 39.7 Å². The van der Waals surface area contributed by atoms with Gasteiger partial charge in [-0.25, -0.2) is 9.07 Å². The molecule has 1 aromatic heterocycles. The molecule has 2 aromatic rings. The van der Waals surface area contributed by atoms with Gasteiger partial charge in [-0.3, -0.25) is 4.79 Å². The molecule has 0 aliphatic rings. The Morgan fingerprint density at radius 1 is 1.40 bits per heavy atom. The Labute approximate surface area is 154 Å². The molecule has 0 aliphatic carbocycles. The summed E-state index contributed by atoms with van der Waals surface area (Å²) in [4.78, 5) is 12.6. The number of aromatic nitrogens is 2. The zero-order valence-electron chi connectivity index (χ0n) is 15.0. The lowest BCUT2D eigenvalue weighted by Crippen LogP contribution is -2.52. The highest BCUT2D eigenvalue weighted by atomic mass is 35.5. The molecule has 1 amide bonds. The highest BCUT2D eigenvalue weighted by Crippen LogP contribution is 2.19. The van der Waals surface area contributed by atoms with Crippen molar-refractivity contribution in [1.29, 1.82) is 0 Å². The summed E-state index contributed by atoms with van der Waals surface area (Å²) >= 11 is 0. The van der Waals surface area contributed by atoms with E-state index in [-0.39, 0.29) is 24.1 Å². The monoisotopic (exact) mass is 368 g/mol. The minimum Gasteiger partial charge on any atom is -0.345 e. The lowest BCUT2D eigenvalue weighted by molar-refractivity contribution is 0.0897. The van der Waals surface area contributed by atoms with Gasteiger partial charge in [-0.15, -0.1) is 12.4 Å². The Morgan fingerprint density at radius 2 is 2.04 bits per heavy atom. The first kappa shape index (κ1) is 21.1. The van der Waals surface area contributed by atoms with E-state index in [0.29, 0.717) is 29.4 Å². The molecule has 0 radical (unpaired) electrons. The van der Waals surface area contributed by atoms with Crippen molar-refractivity contribution in [3.8, 4) is 5.69 Å². The molecule has 0 aliphatic heterocycles. The van der Waals surface area contributed by atoms with Gasteiger partial charge in [0.2, 0.25) is 0 Å². The van der Waals surface area contributed by atoms with Crippen molar-refractivity contribution < 1.29 is 9.18 Å². The van der Waals surface area contributed by atoms with Crippen LogP contribution in [0.15, 0.2) is 30.5 Å². The third-order valence-electron chi connectivity index (χ3n) is 4.06. The molecule has 1 heterocycles. The van der Waals surface area contributed by atoms with Gasteiger partial charge in [-0.05, 0) is 38.3 Å². The molecule has 1 atom stereocenters. The molecule has 0 saturated carbocycles. The Hall–Kier alpha value is -1.92. The number of nitrogens with two attached hydrogens (primary N) is 1. The summed E-state index contributed by atoms with van der Waals surface area (Å²) in [6, 6.07) is 6.33. The molecule has 1 aromatic carbocycles. The molecule has 2 rings (SSSR count). The number of carbonyl (C=O) groups excluding carboxylic acids is 1. The fourth-order valence-corrected chi connectivity index (χ4v) is 2.93. The maximum Gasteiger partial charge on any atom is 0.255 e. The van der Waals surface area contributed by atoms with Crippen LogP contribution in [0.25, 0.3) is 5.69 Å². The summed E-state index contributed by atoms with van der Waals surface area (Å²) in [5.74, 6) is -0.230. The van der Waals surface area contributed by atoms with Crippen molar-refractivity contribution in [1.82, 2.24) is 15.1 Å². The van der Waals surface area contributed by atoms with Crippen molar-refractivity contribution in [2.24, 2.45) is 11.7 Å². The Bertz CT molecular complexity index is 732. The van der Waals surface area contributed by atoms with Gasteiger partial charge < -0.3 is 11.1 Å². The van der Waals surface area contributed by atoms with E-state index >= 15 is 0 Å². The van der Waals surface area contributed by atoms with Crippen LogP contribution in [0.3, 0.4) is 0 Å². The fraction of sp³-hybridized carbons (Fsp3) is 0.444. The van der Waals surface area contributed by atoms with Gasteiger partial charge in [0.25, 0.3) is 5.91 Å². The van der Waals surface area contributed by atoms with E-state index in [4.69, 9.17) is 5.73 Å². The average molecular weight is 369 g/mol. The summed E-state index contributed by atoms with van der Waals surface area (Å²) in [5.41, 5.74) is 6.68. The van der Waals surface area contributed by atoms with Gasteiger partial charge in [-0.1, -0.05) is 26.0 Å². The largest absolute Gasteiger partial charge is 0.345 e. The van der Waals surface area contributed by atoms with Crippen LogP contribution in [0, 0.1) is 18.7 Å². The van der Waals surface area contributed by atoms with Gasteiger partial charge in [0.15, 0.2) is 0 Å². The van der Waals surface area contributed by atoms with Crippen LogP contribution in [0.4, 0.5) is 4.39 Å². The first-order chi connectivity index (χ1) is 11.3. The Morgan fingerprint density at radius 3 is 2.60 bits per heavy atom. The van der Waals surface area contributed by atoms with E-state index < -0.39 is 5.54 Å². The van der Waals surface area contributed by atoms with E-state index in [1.807, 2.05) is 6.92 Å². The number of nitrogens with one attached hydrogen (secondary N) is 1. The van der Waals surface area contributed by atoms with Gasteiger partial charge in [0.1, 0.15) is 11.5 Å². The standard InChI is InChI=1S/C18H25FN4O.ClH/c1-12(2)9-18(4,11-20)22-17(24)14-10-21-23(13(14)3)16-8-6-5-7-15(16)19;/h5-8,10,12H,9,11,20H2,1-4H3,(H,22,24);1H. The van der Waals surface area contributed by atoms with Crippen molar-refractivity contribution in [2.75, 3.05) is 6.54 Å². The lowest BCUT2D eigenvalue weighted by Gasteiger charge is -2.31. The van der Waals surface area contributed by atoms with E-state index in [0.717, 1.165) is 6.42 Å². The topological polar surface area (TPSA) is 72.9 Å². The van der Waals surface area contributed by atoms with E-state index in [1.54, 1.807) is 25.1 Å². The van der Waals surface area contributed by atoms with Crippen LogP contribution < -0.4 is 11.1 Å². The molecule has 138 valence electrons. The molecule has 0 spiro atoms. The number of rotatable bonds is 6. The molecule has 0 saturated heterocycles. The minimum atomic E-state index is -0.488. The minimum absolute atomic E-state index is 0. The zero-order valence-corrected chi connectivity index (χ0v) is 15.9. The molecule has 5 nitrogen and oxygen atoms in total. The van der Waals surface area contributed by atoms with E-state index in [9.17, 15) is 9.18 Å². The molecule has 0 bridgehead atoms. The smallest absolute Gasteiger partial charge is 0.255 e. The number of halogens is 2. The summed E-state index contributed by atoms with van der Waals surface area (Å²) in [6.45, 7) is 8.19. The quantitative estimate of drug-likeness (QED) is 0.822. The van der Waals surface area contributed by atoms with Gasteiger partial charge in [0.05, 0.1) is 17.5 Å². The second-order valence-electron chi connectivity index (χ2n) is 6.82. The zero-order chi connectivity index (χ0) is 17.9. The SMILES string of the molecule is Cc1c(C(=O)NC(C)(CN)CC(C)C)cnn1-c1ccccc1F.Cl. The summed E-state index contributed by atoms with van der Waals surface area (Å²) < 4.78 is 15.4. The lowest BCUT2D eigenvalue weighted by atomic mass is 9.90. The number of carbonyl (C=O) groups is 1. The second-order valence-corrected chi connectivity index (χ2v) is 6.82. The molecule has 7 heteroatoms. The maximum atomic E-state index is 14.0. The molecule has 1 unspecified atom stereocenters. The van der Waals surface area contributed by atoms with Crippen molar-refractivity contribution in [3.05, 3.63) is 47.5 Å². The summed E-state index contributed by atoms with van der Waals surface area (Å²) in [5, 5.41) is 7.17. The predicted molar refractivity (Wildman–Crippen MR) is 99.9 cm³/mol. The highest BCUT2D eigenvalue weighted by Gasteiger charge is 2.28. The first-order valence-electron chi connectivity index (χ1n) is 8.09. The number of hydrogen-bond donors (Lipinski definition) is 2. The van der Waals surface area contributed by atoms with Gasteiger partial charge in [0, 0.05) is 12.1 Å². The maximum absolute atomic E-state index is 14.0. The third kappa shape index (κ3) is 4.80. The van der Waals surface area contributed by atoms with Crippen molar-refractivity contribution >= 4 is 18.3 Å². The van der Waals surface area contributed by atoms with Crippen LogP contribution in [0.1, 0.15) is 43.2 Å². The summed E-state index contributed by atoms with van der Waals surface area (Å²) in [7, 11) is 0. The number of benzene rings is 1. The average Bonchev–Trinajstić information content (AvgIpc) is 2.88. The molecular formula is C18H26ClFN4O. The molecular weight excluding hydrogens is 343 g/mol. The van der Waals surface area contributed by atoms with Gasteiger partial charge >= 0.3 is 0 Å². The first-order valence-corrected chi connectivity index (χ1v) is 8.09. The number of amides is 1. The Balaban J connectivity index is 0.00000312. The van der Waals surface area contributed by atoms with Crippen LogP contribution in [-0.2, 0) is 0 Å². The molecule has 25 heavy (non-hydrogen) atoms. The molecule has 3 N–H and O–H groups in total. The van der Waals surface area contributed by atoms with Crippen LogP contribution in [-0.4, -0.2) is 27.8 Å². The van der Waals surface area contributed by atoms with Crippen molar-refractivity contribution in [3.63, 3.8) is 0 Å². The number of nitrogens with zero attached hydrogens (tertiary/aromatic N) is 2. The Kier molecular flexibility index (Phi) is 7.14. The van der Waals surface area contributed by atoms with Crippen LogP contribution in [0.2, 0.25) is 0 Å². The van der Waals surface area contributed by atoms with E-state index in [1.165, 1.54) is 16.9 Å². The highest BCUT2D eigenvalue weighted by molar-refractivity contribution is 5.95. The van der Waals surface area contributed by atoms with E-state index in [2.05, 4.69) is 24.3 Å². The molecule has 0 fully saturated rings. The van der Waals surface area contributed by atoms with Crippen LogP contribution >= 0.6 is 12.4 Å². The predicted octanol–water partition coefficient (Wildman–Crippen LogP) is 3.23. The normalized spacial score (nSPS) is 13.2. The fourth-order valence-electron chi connectivity index (χ4n) is 2.93. The third-order valence-corrected chi connectivity index (χ3v) is 4.06. The number of para-hydroxylation sites is 1. The number of hydrogen-bond acceptors (Lipinski definition) is 3. The second kappa shape index (κ2) is 8.45. The summed E-state index contributed by atoms with van der Waals surface area (Å²) in [6.07, 6.45) is 2.24. The van der Waals surface area contributed by atoms with Crippen LogP contribution in [0.5, 0.6) is 0 Å². The van der Waals surface area contributed by atoms with Gasteiger partial charge in [-0.2, -0.15) is 5.10 Å².